The van der Waals surface area contributed by atoms with Gasteiger partial charge >= 0.3 is 0 Å². The Labute approximate surface area is 104 Å². The zero-order valence-electron chi connectivity index (χ0n) is 9.99. The zero-order valence-corrected chi connectivity index (χ0v) is 9.99. The van der Waals surface area contributed by atoms with E-state index < -0.39 is 0 Å². The monoisotopic (exact) mass is 239 g/mol. The molecule has 5 nitrogen and oxygen atoms in total. The van der Waals surface area contributed by atoms with Crippen LogP contribution in [-0.2, 0) is 13.6 Å². The molecule has 3 aromatic heterocycles. The van der Waals surface area contributed by atoms with Gasteiger partial charge in [-0.25, -0.2) is 0 Å². The number of H-pyrrole nitrogens is 2. The molecule has 0 saturated carbocycles. The molecule has 0 spiro atoms. The summed E-state index contributed by atoms with van der Waals surface area (Å²) < 4.78 is 1.93. The molecule has 0 atom stereocenters. The number of aromatic nitrogens is 4. The topological polar surface area (TPSA) is 61.4 Å². The summed E-state index contributed by atoms with van der Waals surface area (Å²) in [6.45, 7) is 0.820. The lowest BCUT2D eigenvalue weighted by molar-refractivity contribution is 0.775. The SMILES string of the molecule is Cn1ncc2c1-c1cc(-c3ccc[nH]3)[nH]c1NC2. The van der Waals surface area contributed by atoms with E-state index in [-0.39, 0.29) is 0 Å². The summed E-state index contributed by atoms with van der Waals surface area (Å²) in [5.74, 6) is 1.07. The number of fused-ring (bicyclic) bond motifs is 3. The maximum absolute atomic E-state index is 4.32. The van der Waals surface area contributed by atoms with Crippen molar-refractivity contribution in [2.45, 2.75) is 6.54 Å². The predicted molar refractivity (Wildman–Crippen MR) is 70.1 cm³/mol. The minimum atomic E-state index is 0.820. The first-order chi connectivity index (χ1) is 8.83. The van der Waals surface area contributed by atoms with Crippen molar-refractivity contribution in [3.05, 3.63) is 36.2 Å². The maximum Gasteiger partial charge on any atom is 0.113 e. The normalized spacial score (nSPS) is 12.9. The highest BCUT2D eigenvalue weighted by Gasteiger charge is 2.22. The number of aryl methyl sites for hydroxylation is 1. The first-order valence-corrected chi connectivity index (χ1v) is 5.95. The van der Waals surface area contributed by atoms with Gasteiger partial charge in [-0.15, -0.1) is 0 Å². The van der Waals surface area contributed by atoms with Gasteiger partial charge in [0.05, 0.1) is 23.3 Å². The van der Waals surface area contributed by atoms with Crippen molar-refractivity contribution < 1.29 is 0 Å². The Hall–Kier alpha value is -2.43. The molecule has 3 aromatic rings. The molecule has 0 radical (unpaired) electrons. The summed E-state index contributed by atoms with van der Waals surface area (Å²) in [7, 11) is 1.98. The van der Waals surface area contributed by atoms with Gasteiger partial charge in [0.15, 0.2) is 0 Å². The summed E-state index contributed by atoms with van der Waals surface area (Å²) in [6, 6.07) is 6.22. The summed E-state index contributed by atoms with van der Waals surface area (Å²) in [5.41, 5.74) is 5.79. The van der Waals surface area contributed by atoms with Gasteiger partial charge in [0.25, 0.3) is 0 Å². The second-order valence-electron chi connectivity index (χ2n) is 4.55. The van der Waals surface area contributed by atoms with Crippen molar-refractivity contribution in [2.24, 2.45) is 7.05 Å². The van der Waals surface area contributed by atoms with Gasteiger partial charge in [-0.3, -0.25) is 4.68 Å². The lowest BCUT2D eigenvalue weighted by Gasteiger charge is -2.14. The maximum atomic E-state index is 4.32. The van der Waals surface area contributed by atoms with Gasteiger partial charge in [0.1, 0.15) is 5.82 Å². The van der Waals surface area contributed by atoms with Gasteiger partial charge in [-0.05, 0) is 18.2 Å². The van der Waals surface area contributed by atoms with E-state index in [1.165, 1.54) is 16.8 Å². The molecule has 0 saturated heterocycles. The molecule has 1 aliphatic heterocycles. The first-order valence-electron chi connectivity index (χ1n) is 5.95. The van der Waals surface area contributed by atoms with Crippen molar-refractivity contribution in [3.8, 4) is 22.6 Å². The minimum absolute atomic E-state index is 0.820. The number of hydrogen-bond acceptors (Lipinski definition) is 2. The number of rotatable bonds is 1. The van der Waals surface area contributed by atoms with Crippen LogP contribution >= 0.6 is 0 Å². The Morgan fingerprint density at radius 1 is 1.33 bits per heavy atom. The Bertz CT molecular complexity index is 702. The van der Waals surface area contributed by atoms with Gasteiger partial charge < -0.3 is 15.3 Å². The van der Waals surface area contributed by atoms with Gasteiger partial charge in [-0.2, -0.15) is 5.10 Å². The number of anilines is 1. The standard InChI is InChI=1S/C13H13N5/c1-18-12-8(7-16-18)6-15-13-9(12)5-11(17-13)10-3-2-4-14-10/h2-5,7,14-15,17H,6H2,1H3. The van der Waals surface area contributed by atoms with E-state index in [0.29, 0.717) is 0 Å². The van der Waals surface area contributed by atoms with E-state index in [1.54, 1.807) is 0 Å². The van der Waals surface area contributed by atoms with E-state index >= 15 is 0 Å². The van der Waals surface area contributed by atoms with E-state index in [1.807, 2.05) is 30.2 Å². The fraction of sp³-hybridized carbons (Fsp3) is 0.154. The molecule has 0 fully saturated rings. The average Bonchev–Trinajstić information content (AvgIpc) is 3.05. The lowest BCUT2D eigenvalue weighted by Crippen LogP contribution is -2.08. The van der Waals surface area contributed by atoms with Crippen molar-refractivity contribution in [3.63, 3.8) is 0 Å². The number of nitrogens with zero attached hydrogens (tertiary/aromatic N) is 2. The van der Waals surface area contributed by atoms with Crippen LogP contribution in [0.3, 0.4) is 0 Å². The van der Waals surface area contributed by atoms with Crippen LogP contribution in [0.5, 0.6) is 0 Å². The highest BCUT2D eigenvalue weighted by molar-refractivity contribution is 5.83. The van der Waals surface area contributed by atoms with Crippen molar-refractivity contribution in [1.82, 2.24) is 19.7 Å². The average molecular weight is 239 g/mol. The zero-order chi connectivity index (χ0) is 12.1. The molecule has 0 unspecified atom stereocenters. The lowest BCUT2D eigenvalue weighted by atomic mass is 10.1. The van der Waals surface area contributed by atoms with E-state index in [9.17, 15) is 0 Å². The van der Waals surface area contributed by atoms with Gasteiger partial charge in [0.2, 0.25) is 0 Å². The number of aromatic amines is 2. The Balaban J connectivity index is 1.92. The van der Waals surface area contributed by atoms with Crippen LogP contribution in [-0.4, -0.2) is 19.7 Å². The van der Waals surface area contributed by atoms with Crippen LogP contribution in [0.25, 0.3) is 22.6 Å². The molecule has 0 aliphatic carbocycles. The molecule has 5 heteroatoms. The third-order valence-electron chi connectivity index (χ3n) is 3.43. The van der Waals surface area contributed by atoms with Crippen molar-refractivity contribution in [1.29, 1.82) is 0 Å². The van der Waals surface area contributed by atoms with Crippen LogP contribution in [0.2, 0.25) is 0 Å². The smallest absolute Gasteiger partial charge is 0.113 e. The summed E-state index contributed by atoms with van der Waals surface area (Å²) in [5, 5.41) is 7.72. The highest BCUT2D eigenvalue weighted by Crippen LogP contribution is 2.37. The van der Waals surface area contributed by atoms with Crippen LogP contribution in [0.15, 0.2) is 30.6 Å². The predicted octanol–water partition coefficient (Wildman–Crippen LogP) is 2.34. The summed E-state index contributed by atoms with van der Waals surface area (Å²) >= 11 is 0. The number of nitrogens with one attached hydrogen (secondary N) is 3. The second kappa shape index (κ2) is 3.29. The fourth-order valence-corrected chi connectivity index (χ4v) is 2.57. The van der Waals surface area contributed by atoms with E-state index in [4.69, 9.17) is 0 Å². The van der Waals surface area contributed by atoms with Gasteiger partial charge in [0, 0.05) is 30.9 Å². The van der Waals surface area contributed by atoms with E-state index in [2.05, 4.69) is 32.5 Å². The Morgan fingerprint density at radius 3 is 3.11 bits per heavy atom. The van der Waals surface area contributed by atoms with Crippen LogP contribution in [0.1, 0.15) is 5.56 Å². The molecule has 4 rings (SSSR count). The second-order valence-corrected chi connectivity index (χ2v) is 4.55. The highest BCUT2D eigenvalue weighted by atomic mass is 15.3. The third-order valence-corrected chi connectivity index (χ3v) is 3.43. The minimum Gasteiger partial charge on any atom is -0.367 e. The van der Waals surface area contributed by atoms with Crippen LogP contribution in [0.4, 0.5) is 5.82 Å². The number of hydrogen-bond donors (Lipinski definition) is 3. The molecule has 1 aliphatic rings. The van der Waals surface area contributed by atoms with Crippen molar-refractivity contribution in [2.75, 3.05) is 5.32 Å². The third kappa shape index (κ3) is 1.18. The molecule has 0 amide bonds. The molecule has 0 aromatic carbocycles. The Kier molecular flexibility index (Phi) is 1.75. The van der Waals surface area contributed by atoms with E-state index in [0.717, 1.165) is 23.8 Å². The van der Waals surface area contributed by atoms with Crippen molar-refractivity contribution >= 4 is 5.82 Å². The summed E-state index contributed by atoms with van der Waals surface area (Å²) in [6.07, 6.45) is 3.85. The quantitative estimate of drug-likeness (QED) is 0.610. The summed E-state index contributed by atoms with van der Waals surface area (Å²) in [4.78, 5) is 6.62. The van der Waals surface area contributed by atoms with Gasteiger partial charge in [-0.1, -0.05) is 0 Å². The largest absolute Gasteiger partial charge is 0.367 e. The first kappa shape index (κ1) is 9.58. The fourth-order valence-electron chi connectivity index (χ4n) is 2.57. The molecule has 0 bridgehead atoms. The molecule has 18 heavy (non-hydrogen) atoms. The molecule has 4 heterocycles. The van der Waals surface area contributed by atoms with Crippen LogP contribution in [0, 0.1) is 0 Å². The molecular formula is C13H13N5. The molecule has 90 valence electrons. The molecular weight excluding hydrogens is 226 g/mol. The molecule has 3 N–H and O–H groups in total. The van der Waals surface area contributed by atoms with Crippen LogP contribution < -0.4 is 5.32 Å². The Morgan fingerprint density at radius 2 is 2.28 bits per heavy atom.